The van der Waals surface area contributed by atoms with Crippen LogP contribution in [-0.2, 0) is 12.3 Å². The van der Waals surface area contributed by atoms with E-state index < -0.39 is 0 Å². The van der Waals surface area contributed by atoms with E-state index in [-0.39, 0.29) is 11.1 Å². The molecule has 4 heterocycles. The van der Waals surface area contributed by atoms with Crippen molar-refractivity contribution >= 4 is 34.1 Å². The highest BCUT2D eigenvalue weighted by atomic mass is 32.2. The molecule has 4 aromatic heterocycles. The standard InChI is InChI=1S/C24H24N6O2S/c1-3-4-7-12-29-22(32)18-10-5-6-11-19(18)30-23(29)26-27-24(30)33-15-17-14-20(31)28-13-8-9-16(2)21(28)25-17/h5-6,8-11,13-14H,3-4,7,12,15H2,1-2H3. The SMILES string of the molecule is CCCCCn1c(=O)c2ccccc2n2c(SCc3cc(=O)n4cccc(C)c4n3)nnc12. The number of hydrogen-bond donors (Lipinski definition) is 0. The molecule has 0 aliphatic carbocycles. The Bertz CT molecular complexity index is 1600. The fourth-order valence-electron chi connectivity index (χ4n) is 4.07. The molecular weight excluding hydrogens is 436 g/mol. The molecule has 0 N–H and O–H groups in total. The van der Waals surface area contributed by atoms with Gasteiger partial charge in [-0.2, -0.15) is 0 Å². The minimum absolute atomic E-state index is 0.0437. The van der Waals surface area contributed by atoms with Crippen LogP contribution in [0.3, 0.4) is 0 Å². The van der Waals surface area contributed by atoms with Gasteiger partial charge in [-0.05, 0) is 37.1 Å². The molecule has 0 saturated carbocycles. The molecule has 0 aliphatic rings. The van der Waals surface area contributed by atoms with Crippen LogP contribution in [0.5, 0.6) is 0 Å². The molecular formula is C24H24N6O2S. The molecule has 168 valence electrons. The fourth-order valence-corrected chi connectivity index (χ4v) is 4.90. The highest BCUT2D eigenvalue weighted by Crippen LogP contribution is 2.24. The molecule has 9 heteroatoms. The first-order valence-corrected chi connectivity index (χ1v) is 12.0. The van der Waals surface area contributed by atoms with E-state index in [0.29, 0.717) is 40.0 Å². The van der Waals surface area contributed by atoms with Gasteiger partial charge in [0.2, 0.25) is 5.78 Å². The lowest BCUT2D eigenvalue weighted by Gasteiger charge is -2.11. The molecule has 0 amide bonds. The number of aryl methyl sites for hydroxylation is 2. The summed E-state index contributed by atoms with van der Waals surface area (Å²) in [6.07, 6.45) is 4.75. The van der Waals surface area contributed by atoms with Gasteiger partial charge in [0, 0.05) is 24.6 Å². The maximum absolute atomic E-state index is 13.1. The quantitative estimate of drug-likeness (QED) is 0.271. The van der Waals surface area contributed by atoms with Crippen LogP contribution >= 0.6 is 11.8 Å². The Morgan fingerprint density at radius 3 is 2.73 bits per heavy atom. The first kappa shape index (κ1) is 21.4. The summed E-state index contributed by atoms with van der Waals surface area (Å²) in [5, 5.41) is 10.1. The second kappa shape index (κ2) is 8.82. The monoisotopic (exact) mass is 460 g/mol. The van der Waals surface area contributed by atoms with Gasteiger partial charge >= 0.3 is 0 Å². The number of nitrogens with zero attached hydrogens (tertiary/aromatic N) is 6. The first-order chi connectivity index (χ1) is 16.1. The van der Waals surface area contributed by atoms with Crippen molar-refractivity contribution in [1.29, 1.82) is 0 Å². The number of unbranched alkanes of at least 4 members (excludes halogenated alkanes) is 2. The van der Waals surface area contributed by atoms with Gasteiger partial charge in [0.05, 0.1) is 16.6 Å². The van der Waals surface area contributed by atoms with Gasteiger partial charge in [0.15, 0.2) is 5.16 Å². The highest BCUT2D eigenvalue weighted by molar-refractivity contribution is 7.98. The van der Waals surface area contributed by atoms with Gasteiger partial charge in [0.1, 0.15) is 5.65 Å². The van der Waals surface area contributed by atoms with E-state index in [0.717, 1.165) is 30.3 Å². The highest BCUT2D eigenvalue weighted by Gasteiger charge is 2.17. The van der Waals surface area contributed by atoms with Crippen LogP contribution in [0.4, 0.5) is 0 Å². The minimum atomic E-state index is -0.111. The van der Waals surface area contributed by atoms with Crippen LogP contribution in [0, 0.1) is 6.92 Å². The number of benzene rings is 1. The van der Waals surface area contributed by atoms with Gasteiger partial charge in [-0.1, -0.05) is 49.7 Å². The summed E-state index contributed by atoms with van der Waals surface area (Å²) in [5.41, 5.74) is 2.90. The average Bonchev–Trinajstić information content (AvgIpc) is 3.25. The van der Waals surface area contributed by atoms with Gasteiger partial charge in [0.25, 0.3) is 11.1 Å². The number of para-hydroxylation sites is 1. The van der Waals surface area contributed by atoms with Crippen LogP contribution in [0.2, 0.25) is 0 Å². The molecule has 0 radical (unpaired) electrons. The number of aromatic nitrogens is 6. The van der Waals surface area contributed by atoms with Crippen molar-refractivity contribution in [1.82, 2.24) is 28.5 Å². The van der Waals surface area contributed by atoms with E-state index in [1.54, 1.807) is 21.2 Å². The largest absolute Gasteiger partial charge is 0.276 e. The molecule has 0 unspecified atom stereocenters. The van der Waals surface area contributed by atoms with Gasteiger partial charge in [-0.15, -0.1) is 10.2 Å². The summed E-state index contributed by atoms with van der Waals surface area (Å²) >= 11 is 1.45. The van der Waals surface area contributed by atoms with E-state index in [1.807, 2.05) is 47.7 Å². The summed E-state index contributed by atoms with van der Waals surface area (Å²) in [5.74, 6) is 1.00. The normalized spacial score (nSPS) is 11.7. The molecule has 5 aromatic rings. The van der Waals surface area contributed by atoms with Gasteiger partial charge < -0.3 is 0 Å². The van der Waals surface area contributed by atoms with Crippen LogP contribution in [-0.4, -0.2) is 28.5 Å². The lowest BCUT2D eigenvalue weighted by molar-refractivity contribution is 0.594. The van der Waals surface area contributed by atoms with Gasteiger partial charge in [-0.3, -0.25) is 23.0 Å². The van der Waals surface area contributed by atoms with Crippen molar-refractivity contribution in [3.63, 3.8) is 0 Å². The maximum Gasteiger partial charge on any atom is 0.262 e. The number of rotatable bonds is 7. The van der Waals surface area contributed by atoms with Crippen molar-refractivity contribution in [3.8, 4) is 0 Å². The summed E-state index contributed by atoms with van der Waals surface area (Å²) in [4.78, 5) is 30.4. The minimum Gasteiger partial charge on any atom is -0.276 e. The van der Waals surface area contributed by atoms with Crippen molar-refractivity contribution in [2.75, 3.05) is 0 Å². The van der Waals surface area contributed by atoms with E-state index in [9.17, 15) is 9.59 Å². The van der Waals surface area contributed by atoms with Crippen molar-refractivity contribution in [3.05, 3.63) is 80.6 Å². The molecule has 33 heavy (non-hydrogen) atoms. The topological polar surface area (TPSA) is 86.6 Å². The van der Waals surface area contributed by atoms with Crippen molar-refractivity contribution < 1.29 is 0 Å². The molecule has 0 fully saturated rings. The molecule has 0 spiro atoms. The molecule has 8 nitrogen and oxygen atoms in total. The van der Waals surface area contributed by atoms with Crippen molar-refractivity contribution in [2.24, 2.45) is 0 Å². The number of fused-ring (bicyclic) bond motifs is 4. The molecule has 0 saturated heterocycles. The zero-order valence-corrected chi connectivity index (χ0v) is 19.4. The average molecular weight is 461 g/mol. The first-order valence-electron chi connectivity index (χ1n) is 11.1. The Labute approximate surface area is 193 Å². The summed E-state index contributed by atoms with van der Waals surface area (Å²) in [6.45, 7) is 4.68. The lowest BCUT2D eigenvalue weighted by Crippen LogP contribution is -2.23. The van der Waals surface area contributed by atoms with Crippen LogP contribution in [0.25, 0.3) is 22.3 Å². The Kier molecular flexibility index (Phi) is 5.72. The molecule has 5 rings (SSSR count). The molecule has 1 aromatic carbocycles. The Morgan fingerprint density at radius 2 is 1.88 bits per heavy atom. The van der Waals surface area contributed by atoms with E-state index in [4.69, 9.17) is 0 Å². The van der Waals surface area contributed by atoms with E-state index in [2.05, 4.69) is 22.1 Å². The Balaban J connectivity index is 1.57. The second-order valence-corrected chi connectivity index (χ2v) is 9.00. The molecule has 0 aliphatic heterocycles. The van der Waals surface area contributed by atoms with Gasteiger partial charge in [-0.25, -0.2) is 4.98 Å². The second-order valence-electron chi connectivity index (χ2n) is 8.06. The van der Waals surface area contributed by atoms with Crippen LogP contribution in [0.15, 0.2) is 63.4 Å². The maximum atomic E-state index is 13.1. The summed E-state index contributed by atoms with van der Waals surface area (Å²) in [6, 6.07) is 12.9. The lowest BCUT2D eigenvalue weighted by atomic mass is 10.2. The third kappa shape index (κ3) is 3.82. The summed E-state index contributed by atoms with van der Waals surface area (Å²) in [7, 11) is 0. The Morgan fingerprint density at radius 1 is 1.03 bits per heavy atom. The van der Waals surface area contributed by atoms with Crippen LogP contribution < -0.4 is 11.1 Å². The molecule has 0 bridgehead atoms. The predicted molar refractivity (Wildman–Crippen MR) is 130 cm³/mol. The van der Waals surface area contributed by atoms with E-state index >= 15 is 0 Å². The van der Waals surface area contributed by atoms with E-state index in [1.165, 1.54) is 11.8 Å². The number of thioether (sulfide) groups is 1. The third-order valence-corrected chi connectivity index (χ3v) is 6.71. The zero-order chi connectivity index (χ0) is 22.9. The number of pyridine rings is 1. The fraction of sp³-hybridized carbons (Fsp3) is 0.292. The predicted octanol–water partition coefficient (Wildman–Crippen LogP) is 3.84. The smallest absolute Gasteiger partial charge is 0.262 e. The zero-order valence-electron chi connectivity index (χ0n) is 18.6. The van der Waals surface area contributed by atoms with Crippen LogP contribution in [0.1, 0.15) is 37.4 Å². The third-order valence-electron chi connectivity index (χ3n) is 5.75. The summed E-state index contributed by atoms with van der Waals surface area (Å²) < 4.78 is 5.21. The molecule has 0 atom stereocenters. The van der Waals surface area contributed by atoms with Crippen molar-refractivity contribution in [2.45, 2.75) is 50.6 Å². The Hall–Kier alpha value is -3.46. The number of hydrogen-bond acceptors (Lipinski definition) is 6.